The number of benzene rings is 5. The first-order valence-electron chi connectivity index (χ1n) is 13.1. The third-order valence-electron chi connectivity index (χ3n) is 6.93. The highest BCUT2D eigenvalue weighted by molar-refractivity contribution is 6.30. The monoisotopic (exact) mass is 552 g/mol. The lowest BCUT2D eigenvalue weighted by molar-refractivity contribution is 0.415. The maximum atomic E-state index is 13.7. The van der Waals surface area contributed by atoms with E-state index in [2.05, 4.69) is 24.0 Å². The molecule has 0 fully saturated rings. The number of hydrogen-bond donors (Lipinski definition) is 0. The van der Waals surface area contributed by atoms with Gasteiger partial charge in [0, 0.05) is 16.1 Å². The Morgan fingerprint density at radius 2 is 1.51 bits per heavy atom. The van der Waals surface area contributed by atoms with Gasteiger partial charge < -0.3 is 4.74 Å². The summed E-state index contributed by atoms with van der Waals surface area (Å²) in [6.07, 6.45) is 3.79. The fourth-order valence-corrected chi connectivity index (χ4v) is 4.92. The Kier molecular flexibility index (Phi) is 7.12. The molecular weight excluding hydrogens is 528 g/mol. The first-order chi connectivity index (χ1) is 20.0. The van der Waals surface area contributed by atoms with Crippen molar-refractivity contribution in [1.29, 1.82) is 0 Å². The van der Waals surface area contributed by atoms with Crippen LogP contribution in [0.15, 0.2) is 108 Å². The van der Waals surface area contributed by atoms with Crippen molar-refractivity contribution in [2.45, 2.75) is 6.92 Å². The van der Waals surface area contributed by atoms with Crippen molar-refractivity contribution in [2.75, 3.05) is 7.11 Å². The Morgan fingerprint density at radius 3 is 2.29 bits per heavy atom. The number of methoxy groups -OCH3 is 1. The summed E-state index contributed by atoms with van der Waals surface area (Å²) in [5, 5.41) is 3.44. The lowest BCUT2D eigenvalue weighted by atomic mass is 10.1. The summed E-state index contributed by atoms with van der Waals surface area (Å²) in [5.74, 6) is 7.92. The summed E-state index contributed by atoms with van der Waals surface area (Å²) in [6.45, 7) is 1.98. The molecule has 0 N–H and O–H groups in total. The molecule has 0 radical (unpaired) electrons. The van der Waals surface area contributed by atoms with Crippen LogP contribution >= 0.6 is 11.6 Å². The number of halogens is 1. The molecule has 0 aliphatic rings. The molecule has 41 heavy (non-hydrogen) atoms. The smallest absolute Gasteiger partial charge is 0.266 e. The topological polar surface area (TPSA) is 44.1 Å². The fraction of sp³-hybridized carbons (Fsp3) is 0.0556. The van der Waals surface area contributed by atoms with Crippen molar-refractivity contribution in [2.24, 2.45) is 0 Å². The van der Waals surface area contributed by atoms with Gasteiger partial charge in [0.15, 0.2) is 0 Å². The van der Waals surface area contributed by atoms with Crippen molar-refractivity contribution in [3.05, 3.63) is 147 Å². The Balaban J connectivity index is 1.38. The lowest BCUT2D eigenvalue weighted by Crippen LogP contribution is -2.23. The lowest BCUT2D eigenvalue weighted by Gasteiger charge is -2.14. The van der Waals surface area contributed by atoms with Crippen LogP contribution in [0.25, 0.3) is 39.5 Å². The third-order valence-corrected chi connectivity index (χ3v) is 7.18. The fourth-order valence-electron chi connectivity index (χ4n) is 4.80. The van der Waals surface area contributed by atoms with Gasteiger partial charge in [0.05, 0.1) is 23.7 Å². The molecule has 0 spiro atoms. The van der Waals surface area contributed by atoms with Gasteiger partial charge in [-0.3, -0.25) is 9.36 Å². The van der Waals surface area contributed by atoms with Gasteiger partial charge in [-0.25, -0.2) is 4.98 Å². The van der Waals surface area contributed by atoms with Crippen LogP contribution in [0.3, 0.4) is 0 Å². The van der Waals surface area contributed by atoms with Crippen LogP contribution in [-0.4, -0.2) is 16.7 Å². The van der Waals surface area contributed by atoms with Crippen LogP contribution in [-0.2, 0) is 0 Å². The quantitative estimate of drug-likeness (QED) is 0.208. The molecule has 0 aliphatic carbocycles. The van der Waals surface area contributed by atoms with Crippen LogP contribution in [0.5, 0.6) is 5.75 Å². The molecule has 0 unspecified atom stereocenters. The van der Waals surface area contributed by atoms with Crippen LogP contribution in [0.4, 0.5) is 0 Å². The molecule has 0 aliphatic heterocycles. The van der Waals surface area contributed by atoms with Gasteiger partial charge in [-0.05, 0) is 102 Å². The van der Waals surface area contributed by atoms with E-state index in [1.54, 1.807) is 11.7 Å². The molecule has 1 heterocycles. The number of aryl methyl sites for hydroxylation is 1. The van der Waals surface area contributed by atoms with Crippen LogP contribution in [0.2, 0.25) is 5.02 Å². The molecule has 0 bridgehead atoms. The number of ether oxygens (including phenoxy) is 1. The Labute approximate surface area is 243 Å². The van der Waals surface area contributed by atoms with E-state index in [0.717, 1.165) is 44.5 Å². The van der Waals surface area contributed by atoms with Gasteiger partial charge >= 0.3 is 0 Å². The van der Waals surface area contributed by atoms with E-state index in [9.17, 15) is 4.79 Å². The van der Waals surface area contributed by atoms with Crippen molar-refractivity contribution >= 4 is 45.4 Å². The van der Waals surface area contributed by atoms with E-state index in [0.29, 0.717) is 21.7 Å². The third kappa shape index (κ3) is 5.49. The molecule has 4 nitrogen and oxygen atoms in total. The summed E-state index contributed by atoms with van der Waals surface area (Å²) in [6, 6.07) is 32.9. The molecule has 0 saturated heterocycles. The average Bonchev–Trinajstić information content (AvgIpc) is 3.00. The van der Waals surface area contributed by atoms with Crippen LogP contribution in [0.1, 0.15) is 28.1 Å². The van der Waals surface area contributed by atoms with Gasteiger partial charge in [-0.1, -0.05) is 65.9 Å². The summed E-state index contributed by atoms with van der Waals surface area (Å²) in [5.41, 5.74) is 4.95. The molecule has 0 atom stereocenters. The molecule has 5 heteroatoms. The van der Waals surface area contributed by atoms with E-state index in [1.165, 1.54) is 0 Å². The first-order valence-corrected chi connectivity index (χ1v) is 13.5. The number of fused-ring (bicyclic) bond motifs is 2. The zero-order valence-electron chi connectivity index (χ0n) is 22.6. The second kappa shape index (κ2) is 11.2. The Morgan fingerprint density at radius 1 is 0.805 bits per heavy atom. The Bertz CT molecular complexity index is 2080. The van der Waals surface area contributed by atoms with Gasteiger partial charge in [-0.2, -0.15) is 0 Å². The van der Waals surface area contributed by atoms with Gasteiger partial charge in [0.2, 0.25) is 0 Å². The predicted molar refractivity (Wildman–Crippen MR) is 169 cm³/mol. The summed E-state index contributed by atoms with van der Waals surface area (Å²) >= 11 is 6.05. The second-order valence-electron chi connectivity index (χ2n) is 9.69. The Hall–Kier alpha value is -5.11. The van der Waals surface area contributed by atoms with Crippen molar-refractivity contribution in [3.8, 4) is 23.3 Å². The maximum absolute atomic E-state index is 13.7. The molecule has 1 aromatic heterocycles. The second-order valence-corrected chi connectivity index (χ2v) is 10.1. The molecule has 0 amide bonds. The first kappa shape index (κ1) is 26.1. The van der Waals surface area contributed by atoms with Crippen LogP contribution in [0, 0.1) is 18.8 Å². The predicted octanol–water partition coefficient (Wildman–Crippen LogP) is 8.08. The summed E-state index contributed by atoms with van der Waals surface area (Å²) in [7, 11) is 1.67. The highest BCUT2D eigenvalue weighted by atomic mass is 35.5. The number of hydrogen-bond acceptors (Lipinski definition) is 3. The molecular formula is C36H25ClN2O2. The minimum Gasteiger partial charge on any atom is -0.497 e. The maximum Gasteiger partial charge on any atom is 0.266 e. The van der Waals surface area contributed by atoms with E-state index in [1.807, 2.05) is 110 Å². The van der Waals surface area contributed by atoms with E-state index >= 15 is 0 Å². The zero-order valence-corrected chi connectivity index (χ0v) is 23.3. The number of aromatic nitrogens is 2. The van der Waals surface area contributed by atoms with Gasteiger partial charge in [0.25, 0.3) is 5.56 Å². The average molecular weight is 553 g/mol. The van der Waals surface area contributed by atoms with Crippen molar-refractivity contribution in [1.82, 2.24) is 9.55 Å². The highest BCUT2D eigenvalue weighted by Crippen LogP contribution is 2.23. The largest absolute Gasteiger partial charge is 0.497 e. The van der Waals surface area contributed by atoms with Gasteiger partial charge in [-0.15, -0.1) is 0 Å². The van der Waals surface area contributed by atoms with Crippen molar-refractivity contribution < 1.29 is 4.74 Å². The van der Waals surface area contributed by atoms with Gasteiger partial charge in [0.1, 0.15) is 11.6 Å². The van der Waals surface area contributed by atoms with Crippen LogP contribution < -0.4 is 10.3 Å². The minimum atomic E-state index is -0.124. The van der Waals surface area contributed by atoms with E-state index in [-0.39, 0.29) is 5.56 Å². The summed E-state index contributed by atoms with van der Waals surface area (Å²) in [4.78, 5) is 18.6. The number of nitrogens with zero attached hydrogens (tertiary/aromatic N) is 2. The molecule has 5 aromatic carbocycles. The standard InChI is InChI=1S/C36H25ClN2O2/c1-24-21-26(7-8-27-9-14-29-23-31(41-2)18-15-28(29)22-27)12-19-34(24)39-35(20-13-25-10-16-30(37)17-11-25)38-33-6-4-3-5-32(33)36(39)40/h3-6,9-23H,1-2H3/b20-13+. The van der Waals surface area contributed by atoms with E-state index < -0.39 is 0 Å². The highest BCUT2D eigenvalue weighted by Gasteiger charge is 2.13. The molecule has 6 aromatic rings. The normalized spacial score (nSPS) is 11.1. The number of para-hydroxylation sites is 1. The molecule has 198 valence electrons. The van der Waals surface area contributed by atoms with Crippen molar-refractivity contribution in [3.63, 3.8) is 0 Å². The number of rotatable bonds is 4. The van der Waals surface area contributed by atoms with E-state index in [4.69, 9.17) is 21.3 Å². The molecule has 0 saturated carbocycles. The molecule has 6 rings (SSSR count). The zero-order chi connectivity index (χ0) is 28.3. The summed E-state index contributed by atoms with van der Waals surface area (Å²) < 4.78 is 6.99. The minimum absolute atomic E-state index is 0.124. The SMILES string of the molecule is COc1ccc2cc(C#Cc3ccc(-n4c(/C=C/c5ccc(Cl)cc5)nc5ccccc5c4=O)c(C)c3)ccc2c1.